The Hall–Kier alpha value is -0.0800. The number of fused-ring (bicyclic) bond motifs is 1. The number of rotatable bonds is 2. The summed E-state index contributed by atoms with van der Waals surface area (Å²) in [6.45, 7) is 7.94. The summed E-state index contributed by atoms with van der Waals surface area (Å²) in [5, 5.41) is 0. The third-order valence-corrected chi connectivity index (χ3v) is 5.49. The normalized spacial score (nSPS) is 34.8. The molecule has 1 aliphatic carbocycles. The summed E-state index contributed by atoms with van der Waals surface area (Å²) in [4.78, 5) is 5.58. The van der Waals surface area contributed by atoms with Crippen molar-refractivity contribution in [1.82, 2.24) is 9.80 Å². The summed E-state index contributed by atoms with van der Waals surface area (Å²) in [6, 6.07) is 1.74. The van der Waals surface area contributed by atoms with Crippen molar-refractivity contribution in [3.05, 3.63) is 0 Å². The van der Waals surface area contributed by atoms with Crippen LogP contribution in [0, 0.1) is 5.92 Å². The van der Waals surface area contributed by atoms with Gasteiger partial charge in [-0.15, -0.1) is 0 Å². The van der Waals surface area contributed by atoms with Crippen molar-refractivity contribution in [2.75, 3.05) is 26.2 Å². The second-order valence-electron chi connectivity index (χ2n) is 6.47. The van der Waals surface area contributed by atoms with Gasteiger partial charge in [0, 0.05) is 18.6 Å². The lowest BCUT2D eigenvalue weighted by molar-refractivity contribution is 0.141. The maximum absolute atomic E-state index is 2.83. The first kappa shape index (κ1) is 12.0. The van der Waals surface area contributed by atoms with Crippen LogP contribution in [0.15, 0.2) is 0 Å². The first-order valence-corrected chi connectivity index (χ1v) is 7.82. The van der Waals surface area contributed by atoms with Crippen LogP contribution in [0.5, 0.6) is 0 Å². The van der Waals surface area contributed by atoms with E-state index in [1.807, 2.05) is 0 Å². The number of hydrogen-bond acceptors (Lipinski definition) is 2. The predicted molar refractivity (Wildman–Crippen MR) is 72.2 cm³/mol. The highest BCUT2D eigenvalue weighted by Gasteiger charge is 2.33. The van der Waals surface area contributed by atoms with Gasteiger partial charge in [-0.2, -0.15) is 0 Å². The third kappa shape index (κ3) is 2.53. The van der Waals surface area contributed by atoms with E-state index in [0.29, 0.717) is 0 Å². The summed E-state index contributed by atoms with van der Waals surface area (Å²) >= 11 is 0. The first-order chi connectivity index (χ1) is 8.34. The molecule has 2 atom stereocenters. The minimum absolute atomic E-state index is 0.845. The summed E-state index contributed by atoms with van der Waals surface area (Å²) in [7, 11) is 0. The Morgan fingerprint density at radius 1 is 0.882 bits per heavy atom. The fourth-order valence-corrected chi connectivity index (χ4v) is 4.34. The van der Waals surface area contributed by atoms with E-state index in [2.05, 4.69) is 16.7 Å². The van der Waals surface area contributed by atoms with Gasteiger partial charge in [-0.1, -0.05) is 12.8 Å². The zero-order chi connectivity index (χ0) is 11.7. The van der Waals surface area contributed by atoms with Crippen LogP contribution in [-0.2, 0) is 0 Å². The molecule has 0 amide bonds. The highest BCUT2D eigenvalue weighted by Crippen LogP contribution is 2.32. The Balaban J connectivity index is 1.61. The number of hydrogen-bond donors (Lipinski definition) is 0. The first-order valence-electron chi connectivity index (χ1n) is 7.82. The van der Waals surface area contributed by atoms with Gasteiger partial charge in [-0.05, 0) is 64.6 Å². The molecule has 3 fully saturated rings. The van der Waals surface area contributed by atoms with Gasteiger partial charge in [0.25, 0.3) is 0 Å². The average molecular weight is 236 g/mol. The molecule has 0 N–H and O–H groups in total. The largest absolute Gasteiger partial charge is 0.299 e. The Bertz CT molecular complexity index is 247. The summed E-state index contributed by atoms with van der Waals surface area (Å²) in [5.41, 5.74) is 0. The molecular formula is C15H28N2. The SMILES string of the molecule is CC(C1CCCC1)N1CCCN2CCCC2C1. The second kappa shape index (κ2) is 5.27. The predicted octanol–water partition coefficient (Wildman–Crippen LogP) is 2.74. The van der Waals surface area contributed by atoms with E-state index in [1.165, 1.54) is 71.1 Å². The zero-order valence-electron chi connectivity index (χ0n) is 11.4. The monoisotopic (exact) mass is 236 g/mol. The molecular weight excluding hydrogens is 208 g/mol. The van der Waals surface area contributed by atoms with E-state index in [9.17, 15) is 0 Å². The lowest BCUT2D eigenvalue weighted by Gasteiger charge is -2.34. The maximum atomic E-state index is 2.83. The van der Waals surface area contributed by atoms with Gasteiger partial charge in [-0.3, -0.25) is 9.80 Å². The molecule has 0 aromatic rings. The van der Waals surface area contributed by atoms with E-state index in [0.717, 1.165) is 18.0 Å². The van der Waals surface area contributed by atoms with Crippen molar-refractivity contribution in [2.45, 2.75) is 64.0 Å². The lowest BCUT2D eigenvalue weighted by atomic mass is 9.97. The molecule has 0 radical (unpaired) electrons. The molecule has 2 heterocycles. The lowest BCUT2D eigenvalue weighted by Crippen LogP contribution is -2.43. The maximum Gasteiger partial charge on any atom is 0.0223 e. The molecule has 17 heavy (non-hydrogen) atoms. The van der Waals surface area contributed by atoms with Crippen LogP contribution < -0.4 is 0 Å². The van der Waals surface area contributed by atoms with Gasteiger partial charge in [0.15, 0.2) is 0 Å². The molecule has 2 heteroatoms. The molecule has 3 rings (SSSR count). The van der Waals surface area contributed by atoms with E-state index in [4.69, 9.17) is 0 Å². The molecule has 98 valence electrons. The van der Waals surface area contributed by atoms with Crippen molar-refractivity contribution in [2.24, 2.45) is 5.92 Å². The minimum atomic E-state index is 0.845. The number of nitrogens with zero attached hydrogens (tertiary/aromatic N) is 2. The third-order valence-electron chi connectivity index (χ3n) is 5.49. The van der Waals surface area contributed by atoms with Gasteiger partial charge in [0.05, 0.1) is 0 Å². The Morgan fingerprint density at radius 3 is 2.47 bits per heavy atom. The van der Waals surface area contributed by atoms with Crippen molar-refractivity contribution in [1.29, 1.82) is 0 Å². The summed E-state index contributed by atoms with van der Waals surface area (Å²) in [6.07, 6.45) is 10.2. The van der Waals surface area contributed by atoms with Gasteiger partial charge in [-0.25, -0.2) is 0 Å². The fraction of sp³-hybridized carbons (Fsp3) is 1.00. The topological polar surface area (TPSA) is 6.48 Å². The standard InChI is InChI=1S/C15H28N2/c1-13(14-6-2-3-7-14)17-11-5-10-16-9-4-8-15(16)12-17/h13-15H,2-12H2,1H3. The summed E-state index contributed by atoms with van der Waals surface area (Å²) in [5.74, 6) is 1.00. The van der Waals surface area contributed by atoms with Crippen LogP contribution in [0.25, 0.3) is 0 Å². The van der Waals surface area contributed by atoms with Crippen molar-refractivity contribution in [3.63, 3.8) is 0 Å². The van der Waals surface area contributed by atoms with E-state index >= 15 is 0 Å². The van der Waals surface area contributed by atoms with Crippen molar-refractivity contribution in [3.8, 4) is 0 Å². The molecule has 0 aromatic carbocycles. The molecule has 0 spiro atoms. The Labute approximate surface area is 106 Å². The summed E-state index contributed by atoms with van der Waals surface area (Å²) < 4.78 is 0. The molecule has 0 aromatic heterocycles. The molecule has 0 bridgehead atoms. The van der Waals surface area contributed by atoms with E-state index in [-0.39, 0.29) is 0 Å². The molecule has 3 aliphatic rings. The molecule has 2 nitrogen and oxygen atoms in total. The van der Waals surface area contributed by atoms with Crippen LogP contribution in [0.4, 0.5) is 0 Å². The molecule has 1 saturated carbocycles. The van der Waals surface area contributed by atoms with Gasteiger partial charge < -0.3 is 0 Å². The highest BCUT2D eigenvalue weighted by atomic mass is 15.3. The van der Waals surface area contributed by atoms with Crippen LogP contribution in [0.3, 0.4) is 0 Å². The quantitative estimate of drug-likeness (QED) is 0.727. The smallest absolute Gasteiger partial charge is 0.0223 e. The zero-order valence-corrected chi connectivity index (χ0v) is 11.4. The van der Waals surface area contributed by atoms with Crippen LogP contribution in [0.1, 0.15) is 51.9 Å². The van der Waals surface area contributed by atoms with Crippen LogP contribution in [-0.4, -0.2) is 48.1 Å². The van der Waals surface area contributed by atoms with Crippen LogP contribution in [0.2, 0.25) is 0 Å². The molecule has 2 saturated heterocycles. The average Bonchev–Trinajstić information content (AvgIpc) is 2.96. The minimum Gasteiger partial charge on any atom is -0.299 e. The highest BCUT2D eigenvalue weighted by molar-refractivity contribution is 4.88. The Kier molecular flexibility index (Phi) is 3.72. The molecule has 2 aliphatic heterocycles. The van der Waals surface area contributed by atoms with Gasteiger partial charge in [0.1, 0.15) is 0 Å². The van der Waals surface area contributed by atoms with E-state index < -0.39 is 0 Å². The second-order valence-corrected chi connectivity index (χ2v) is 6.47. The van der Waals surface area contributed by atoms with Gasteiger partial charge >= 0.3 is 0 Å². The van der Waals surface area contributed by atoms with Crippen LogP contribution >= 0.6 is 0 Å². The Morgan fingerprint density at radius 2 is 1.65 bits per heavy atom. The van der Waals surface area contributed by atoms with Gasteiger partial charge in [0.2, 0.25) is 0 Å². The fourth-order valence-electron chi connectivity index (χ4n) is 4.34. The van der Waals surface area contributed by atoms with Crippen molar-refractivity contribution >= 4 is 0 Å². The molecule has 2 unspecified atom stereocenters. The van der Waals surface area contributed by atoms with Crippen molar-refractivity contribution < 1.29 is 0 Å². The van der Waals surface area contributed by atoms with E-state index in [1.54, 1.807) is 0 Å².